The first-order chi connectivity index (χ1) is 9.45. The Balaban J connectivity index is 2.30. The van der Waals surface area contributed by atoms with Crippen molar-refractivity contribution in [2.24, 2.45) is 0 Å². The Kier molecular flexibility index (Phi) is 3.94. The number of nitro benzene ring substituents is 1. The molecule has 0 atom stereocenters. The van der Waals surface area contributed by atoms with E-state index in [0.717, 1.165) is 0 Å². The Morgan fingerprint density at radius 1 is 1.30 bits per heavy atom. The molecule has 1 aromatic carbocycles. The topological polar surface area (TPSA) is 94.3 Å². The normalized spacial score (nSPS) is 10.2. The zero-order chi connectivity index (χ0) is 14.7. The molecule has 0 bridgehead atoms. The molecule has 8 nitrogen and oxygen atoms in total. The fourth-order valence-corrected chi connectivity index (χ4v) is 1.48. The van der Waals surface area contributed by atoms with Gasteiger partial charge in [-0.15, -0.1) is 0 Å². The minimum absolute atomic E-state index is 0.0240. The quantitative estimate of drug-likeness (QED) is 0.631. The fraction of sp³-hybridized carbons (Fsp3) is 0.182. The number of hydrogen-bond acceptors (Lipinski definition) is 7. The third-order valence-electron chi connectivity index (χ3n) is 2.21. The van der Waals surface area contributed by atoms with Crippen molar-refractivity contribution in [2.45, 2.75) is 0 Å². The van der Waals surface area contributed by atoms with Crippen LogP contribution in [0.3, 0.4) is 0 Å². The van der Waals surface area contributed by atoms with E-state index in [-0.39, 0.29) is 22.7 Å². The molecule has 104 valence electrons. The third-order valence-corrected chi connectivity index (χ3v) is 2.38. The molecule has 0 aliphatic carbocycles. The highest BCUT2D eigenvalue weighted by Crippen LogP contribution is 2.24. The second kappa shape index (κ2) is 5.66. The van der Waals surface area contributed by atoms with Gasteiger partial charge in [0.25, 0.3) is 5.69 Å². The summed E-state index contributed by atoms with van der Waals surface area (Å²) in [5.74, 6) is 0.566. The van der Waals surface area contributed by atoms with Crippen LogP contribution in [-0.2, 0) is 0 Å². The number of nitro groups is 1. The maximum absolute atomic E-state index is 10.7. The first-order valence-corrected chi connectivity index (χ1v) is 5.84. The molecular formula is C11H10ClN5O3. The third kappa shape index (κ3) is 3.29. The minimum atomic E-state index is -0.515. The van der Waals surface area contributed by atoms with Crippen LogP contribution >= 0.6 is 11.6 Å². The number of aromatic nitrogens is 3. The molecule has 1 aromatic heterocycles. The fourth-order valence-electron chi connectivity index (χ4n) is 1.33. The second-order valence-corrected chi connectivity index (χ2v) is 4.28. The highest BCUT2D eigenvalue weighted by Gasteiger charge is 2.11. The summed E-state index contributed by atoms with van der Waals surface area (Å²) in [6, 6.07) is 5.66. The smallest absolute Gasteiger partial charge is 0.328 e. The van der Waals surface area contributed by atoms with Gasteiger partial charge < -0.3 is 9.64 Å². The lowest BCUT2D eigenvalue weighted by atomic mass is 10.3. The largest absolute Gasteiger partial charge is 0.424 e. The first kappa shape index (κ1) is 13.9. The number of hydrogen-bond donors (Lipinski definition) is 0. The van der Waals surface area contributed by atoms with Crippen molar-refractivity contribution in [3.8, 4) is 11.8 Å². The number of ether oxygens (including phenoxy) is 1. The molecule has 0 spiro atoms. The van der Waals surface area contributed by atoms with Crippen molar-refractivity contribution >= 4 is 23.2 Å². The van der Waals surface area contributed by atoms with Crippen molar-refractivity contribution in [3.05, 3.63) is 39.7 Å². The van der Waals surface area contributed by atoms with Gasteiger partial charge in [-0.2, -0.15) is 15.0 Å². The van der Waals surface area contributed by atoms with E-state index in [1.54, 1.807) is 25.1 Å². The number of rotatable bonds is 4. The highest BCUT2D eigenvalue weighted by atomic mass is 35.5. The van der Waals surface area contributed by atoms with E-state index in [9.17, 15) is 10.1 Å². The van der Waals surface area contributed by atoms with E-state index in [0.29, 0.717) is 5.95 Å². The summed E-state index contributed by atoms with van der Waals surface area (Å²) < 4.78 is 5.36. The molecule has 9 heteroatoms. The van der Waals surface area contributed by atoms with Crippen LogP contribution in [0.1, 0.15) is 0 Å². The molecular weight excluding hydrogens is 286 g/mol. The van der Waals surface area contributed by atoms with Gasteiger partial charge in [-0.25, -0.2) is 0 Å². The lowest BCUT2D eigenvalue weighted by molar-refractivity contribution is -0.384. The molecule has 2 aromatic rings. The SMILES string of the molecule is CN(C)c1nc(Cl)nc(Oc2cccc([N+](=O)[O-])c2)n1. The summed E-state index contributed by atoms with van der Waals surface area (Å²) in [5, 5.41) is 10.7. The number of halogens is 1. The van der Waals surface area contributed by atoms with Crippen LogP contribution in [0.15, 0.2) is 24.3 Å². The van der Waals surface area contributed by atoms with Gasteiger partial charge in [-0.3, -0.25) is 10.1 Å². The van der Waals surface area contributed by atoms with Gasteiger partial charge in [0.05, 0.1) is 11.0 Å². The number of anilines is 1. The monoisotopic (exact) mass is 295 g/mol. The van der Waals surface area contributed by atoms with E-state index in [2.05, 4.69) is 15.0 Å². The van der Waals surface area contributed by atoms with Gasteiger partial charge in [0.2, 0.25) is 11.2 Å². The number of benzene rings is 1. The average Bonchev–Trinajstić information content (AvgIpc) is 2.38. The molecule has 0 fully saturated rings. The molecule has 0 unspecified atom stereocenters. The minimum Gasteiger partial charge on any atom is -0.424 e. The highest BCUT2D eigenvalue weighted by molar-refractivity contribution is 6.28. The van der Waals surface area contributed by atoms with Crippen molar-refractivity contribution in [3.63, 3.8) is 0 Å². The molecule has 1 heterocycles. The van der Waals surface area contributed by atoms with E-state index in [4.69, 9.17) is 16.3 Å². The van der Waals surface area contributed by atoms with Crippen molar-refractivity contribution in [2.75, 3.05) is 19.0 Å². The summed E-state index contributed by atoms with van der Waals surface area (Å²) in [7, 11) is 3.48. The first-order valence-electron chi connectivity index (χ1n) is 5.47. The molecule has 0 aliphatic heterocycles. The summed E-state index contributed by atoms with van der Waals surface area (Å²) in [6.07, 6.45) is 0. The van der Waals surface area contributed by atoms with E-state index in [1.807, 2.05) is 0 Å². The van der Waals surface area contributed by atoms with Gasteiger partial charge in [0, 0.05) is 20.2 Å². The molecule has 0 radical (unpaired) electrons. The second-order valence-electron chi connectivity index (χ2n) is 3.94. The van der Waals surface area contributed by atoms with Crippen LogP contribution < -0.4 is 9.64 Å². The van der Waals surface area contributed by atoms with Crippen molar-refractivity contribution in [1.82, 2.24) is 15.0 Å². The van der Waals surface area contributed by atoms with Gasteiger partial charge >= 0.3 is 6.01 Å². The Bertz CT molecular complexity index is 650. The molecule has 0 amide bonds. The van der Waals surface area contributed by atoms with Gasteiger partial charge in [0.1, 0.15) is 5.75 Å². The van der Waals surface area contributed by atoms with Gasteiger partial charge in [0.15, 0.2) is 0 Å². The lowest BCUT2D eigenvalue weighted by Gasteiger charge is -2.11. The number of nitrogens with zero attached hydrogens (tertiary/aromatic N) is 5. The van der Waals surface area contributed by atoms with Crippen LogP contribution in [0, 0.1) is 10.1 Å². The van der Waals surface area contributed by atoms with Gasteiger partial charge in [-0.1, -0.05) is 6.07 Å². The van der Waals surface area contributed by atoms with E-state index >= 15 is 0 Å². The van der Waals surface area contributed by atoms with Crippen LogP contribution in [-0.4, -0.2) is 34.0 Å². The molecule has 0 saturated carbocycles. The van der Waals surface area contributed by atoms with Gasteiger partial charge in [-0.05, 0) is 17.7 Å². The Morgan fingerprint density at radius 2 is 2.05 bits per heavy atom. The molecule has 0 aliphatic rings. The lowest BCUT2D eigenvalue weighted by Crippen LogP contribution is -2.13. The zero-order valence-corrected chi connectivity index (χ0v) is 11.4. The summed E-state index contributed by atoms with van der Waals surface area (Å²) in [6.45, 7) is 0. The Morgan fingerprint density at radius 3 is 2.70 bits per heavy atom. The zero-order valence-electron chi connectivity index (χ0n) is 10.6. The summed E-state index contributed by atoms with van der Waals surface area (Å²) in [4.78, 5) is 23.5. The van der Waals surface area contributed by atoms with Crippen molar-refractivity contribution in [1.29, 1.82) is 0 Å². The standard InChI is InChI=1S/C11H10ClN5O3/c1-16(2)10-13-9(12)14-11(15-10)20-8-5-3-4-7(6-8)17(18)19/h3-6H,1-2H3. The number of non-ortho nitro benzene ring substituents is 1. The van der Waals surface area contributed by atoms with Crippen LogP contribution in [0.25, 0.3) is 0 Å². The predicted octanol–water partition coefficient (Wildman–Crippen LogP) is 2.29. The van der Waals surface area contributed by atoms with E-state index in [1.165, 1.54) is 18.2 Å². The molecule has 20 heavy (non-hydrogen) atoms. The Labute approximate surface area is 119 Å². The Hall–Kier alpha value is -2.48. The molecule has 0 saturated heterocycles. The maximum Gasteiger partial charge on any atom is 0.328 e. The molecule has 2 rings (SSSR count). The molecule has 0 N–H and O–H groups in total. The van der Waals surface area contributed by atoms with Crippen LogP contribution in [0.2, 0.25) is 5.28 Å². The van der Waals surface area contributed by atoms with Crippen molar-refractivity contribution < 1.29 is 9.66 Å². The van der Waals surface area contributed by atoms with Crippen LogP contribution in [0.4, 0.5) is 11.6 Å². The maximum atomic E-state index is 10.7. The average molecular weight is 296 g/mol. The summed E-state index contributed by atoms with van der Waals surface area (Å²) >= 11 is 5.76. The van der Waals surface area contributed by atoms with Crippen LogP contribution in [0.5, 0.6) is 11.8 Å². The van der Waals surface area contributed by atoms with E-state index < -0.39 is 4.92 Å². The predicted molar refractivity (Wildman–Crippen MR) is 72.3 cm³/mol. The summed E-state index contributed by atoms with van der Waals surface area (Å²) in [5.41, 5.74) is -0.0875.